The summed E-state index contributed by atoms with van der Waals surface area (Å²) in [7, 11) is 1.56. The van der Waals surface area contributed by atoms with Crippen molar-refractivity contribution in [3.63, 3.8) is 0 Å². The number of piperazine rings is 1. The SMILES string of the molecule is CO[C@H]1C[C@@H](C2C(=O)N(c3ncc(Br)cc3F)CC(=O)N2Cc2ccc(C(F)(F)F)cc2)C1. The lowest BCUT2D eigenvalue weighted by atomic mass is 9.75. The van der Waals surface area contributed by atoms with Gasteiger partial charge in [0.05, 0.1) is 11.7 Å². The highest BCUT2D eigenvalue weighted by Gasteiger charge is 2.49. The predicted octanol–water partition coefficient (Wildman–Crippen LogP) is 4.17. The molecule has 176 valence electrons. The predicted molar refractivity (Wildman–Crippen MR) is 114 cm³/mol. The normalized spacial score (nSPS) is 23.6. The molecule has 1 saturated heterocycles. The molecule has 1 aliphatic heterocycles. The van der Waals surface area contributed by atoms with E-state index in [1.54, 1.807) is 7.11 Å². The molecule has 33 heavy (non-hydrogen) atoms. The van der Waals surface area contributed by atoms with Crippen molar-refractivity contribution in [1.29, 1.82) is 0 Å². The first-order valence-corrected chi connectivity index (χ1v) is 11.0. The number of nitrogens with zero attached hydrogens (tertiary/aromatic N) is 3. The van der Waals surface area contributed by atoms with E-state index in [1.807, 2.05) is 0 Å². The molecule has 1 saturated carbocycles. The number of hydrogen-bond acceptors (Lipinski definition) is 4. The van der Waals surface area contributed by atoms with Gasteiger partial charge in [-0.2, -0.15) is 13.2 Å². The van der Waals surface area contributed by atoms with Gasteiger partial charge in [0, 0.05) is 24.3 Å². The third kappa shape index (κ3) is 4.74. The van der Waals surface area contributed by atoms with Gasteiger partial charge in [0.1, 0.15) is 12.6 Å². The van der Waals surface area contributed by atoms with Gasteiger partial charge >= 0.3 is 6.18 Å². The second kappa shape index (κ2) is 9.02. The first-order valence-electron chi connectivity index (χ1n) is 10.2. The summed E-state index contributed by atoms with van der Waals surface area (Å²) in [6.45, 7) is -0.451. The van der Waals surface area contributed by atoms with E-state index in [0.717, 1.165) is 23.1 Å². The number of halogens is 5. The summed E-state index contributed by atoms with van der Waals surface area (Å²) >= 11 is 3.12. The van der Waals surface area contributed by atoms with Gasteiger partial charge in [-0.15, -0.1) is 0 Å². The lowest BCUT2D eigenvalue weighted by molar-refractivity contribution is -0.150. The van der Waals surface area contributed by atoms with Gasteiger partial charge in [0.2, 0.25) is 5.91 Å². The smallest absolute Gasteiger partial charge is 0.381 e. The highest BCUT2D eigenvalue weighted by atomic mass is 79.9. The van der Waals surface area contributed by atoms with Crippen LogP contribution in [0.2, 0.25) is 0 Å². The van der Waals surface area contributed by atoms with Crippen molar-refractivity contribution in [2.75, 3.05) is 18.6 Å². The van der Waals surface area contributed by atoms with Crippen molar-refractivity contribution in [2.45, 2.75) is 37.7 Å². The summed E-state index contributed by atoms with van der Waals surface area (Å²) in [4.78, 5) is 32.9. The minimum Gasteiger partial charge on any atom is -0.381 e. The largest absolute Gasteiger partial charge is 0.416 e. The van der Waals surface area contributed by atoms with Crippen molar-refractivity contribution in [1.82, 2.24) is 9.88 Å². The van der Waals surface area contributed by atoms with Crippen LogP contribution >= 0.6 is 15.9 Å². The van der Waals surface area contributed by atoms with Crippen LogP contribution in [-0.4, -0.2) is 47.5 Å². The number of ether oxygens (including phenoxy) is 1. The molecule has 1 aromatic heterocycles. The maximum absolute atomic E-state index is 14.5. The Morgan fingerprint density at radius 1 is 1.18 bits per heavy atom. The van der Waals surface area contributed by atoms with Gasteiger partial charge in [-0.3, -0.25) is 14.5 Å². The van der Waals surface area contributed by atoms with E-state index in [9.17, 15) is 27.2 Å². The zero-order valence-electron chi connectivity index (χ0n) is 17.5. The zero-order chi connectivity index (χ0) is 23.9. The zero-order valence-corrected chi connectivity index (χ0v) is 19.1. The molecular weight excluding hydrogens is 510 g/mol. The Morgan fingerprint density at radius 2 is 1.85 bits per heavy atom. The Kier molecular flexibility index (Phi) is 6.45. The van der Waals surface area contributed by atoms with Gasteiger partial charge in [-0.25, -0.2) is 9.37 Å². The van der Waals surface area contributed by atoms with Crippen LogP contribution in [0, 0.1) is 11.7 Å². The quantitative estimate of drug-likeness (QED) is 0.545. The third-order valence-electron chi connectivity index (χ3n) is 6.06. The Hall–Kier alpha value is -2.53. The van der Waals surface area contributed by atoms with Crippen molar-refractivity contribution in [2.24, 2.45) is 5.92 Å². The van der Waals surface area contributed by atoms with Crippen LogP contribution in [0.15, 0.2) is 41.0 Å². The molecule has 2 heterocycles. The molecule has 2 aromatic rings. The highest BCUT2D eigenvalue weighted by molar-refractivity contribution is 9.10. The fraction of sp³-hybridized carbons (Fsp3) is 0.409. The van der Waals surface area contributed by atoms with Crippen LogP contribution in [0.1, 0.15) is 24.0 Å². The number of rotatable bonds is 5. The summed E-state index contributed by atoms with van der Waals surface area (Å²) in [6, 6.07) is 4.73. The standard InChI is InChI=1S/C22H20BrF4N3O3/c1-33-16-6-13(7-16)19-21(32)30(20-17(24)8-15(23)9-28-20)11-18(31)29(19)10-12-2-4-14(5-3-12)22(25,26)27/h2-5,8-9,13,16,19H,6-7,10-11H2,1H3/t13-,16+,19?. The van der Waals surface area contributed by atoms with Crippen LogP contribution in [0.25, 0.3) is 0 Å². The molecule has 0 spiro atoms. The number of carbonyl (C=O) groups excluding carboxylic acids is 2. The number of alkyl halides is 3. The Morgan fingerprint density at radius 3 is 2.42 bits per heavy atom. The number of pyridine rings is 1. The monoisotopic (exact) mass is 529 g/mol. The van der Waals surface area contributed by atoms with Gasteiger partial charge in [0.25, 0.3) is 5.91 Å². The van der Waals surface area contributed by atoms with Crippen LogP contribution < -0.4 is 4.90 Å². The molecule has 0 N–H and O–H groups in total. The van der Waals surface area contributed by atoms with Gasteiger partial charge in [-0.05, 0) is 58.5 Å². The second-order valence-corrected chi connectivity index (χ2v) is 9.05. The summed E-state index contributed by atoms with van der Waals surface area (Å²) in [5.74, 6) is -2.12. The first-order chi connectivity index (χ1) is 15.6. The fourth-order valence-electron chi connectivity index (χ4n) is 4.23. The Balaban J connectivity index is 1.62. The lowest BCUT2D eigenvalue weighted by Crippen LogP contribution is -2.64. The topological polar surface area (TPSA) is 62.7 Å². The molecular formula is C22H20BrF4N3O3. The van der Waals surface area contributed by atoms with Crippen molar-refractivity contribution >= 4 is 33.6 Å². The first kappa shape index (κ1) is 23.6. The fourth-order valence-corrected chi connectivity index (χ4v) is 4.54. The molecule has 1 aromatic carbocycles. The maximum atomic E-state index is 14.5. The number of benzene rings is 1. The van der Waals surface area contributed by atoms with Crippen LogP contribution in [0.4, 0.5) is 23.4 Å². The van der Waals surface area contributed by atoms with E-state index in [4.69, 9.17) is 4.74 Å². The van der Waals surface area contributed by atoms with E-state index in [-0.39, 0.29) is 24.4 Å². The van der Waals surface area contributed by atoms with Crippen LogP contribution in [0.3, 0.4) is 0 Å². The van der Waals surface area contributed by atoms with Crippen molar-refractivity contribution in [3.05, 3.63) is 57.9 Å². The maximum Gasteiger partial charge on any atom is 0.416 e. The molecule has 0 radical (unpaired) electrons. The lowest BCUT2D eigenvalue weighted by Gasteiger charge is -2.47. The number of anilines is 1. The molecule has 2 amide bonds. The van der Waals surface area contributed by atoms with Gasteiger partial charge in [-0.1, -0.05) is 12.1 Å². The minimum atomic E-state index is -4.47. The van der Waals surface area contributed by atoms with E-state index in [2.05, 4.69) is 20.9 Å². The highest BCUT2D eigenvalue weighted by Crippen LogP contribution is 2.38. The van der Waals surface area contributed by atoms with E-state index < -0.39 is 42.0 Å². The molecule has 11 heteroatoms. The summed E-state index contributed by atoms with van der Waals surface area (Å²) in [5, 5.41) is 0. The Labute approximate surface area is 195 Å². The summed E-state index contributed by atoms with van der Waals surface area (Å²) in [5.41, 5.74) is -0.341. The molecule has 4 rings (SSSR count). The van der Waals surface area contributed by atoms with Crippen molar-refractivity contribution < 1.29 is 31.9 Å². The molecule has 0 bridgehead atoms. The number of carbonyl (C=O) groups is 2. The average Bonchev–Trinajstić information content (AvgIpc) is 2.71. The molecule has 6 nitrogen and oxygen atoms in total. The average molecular weight is 530 g/mol. The van der Waals surface area contributed by atoms with Gasteiger partial charge < -0.3 is 9.64 Å². The molecule has 1 atom stereocenters. The molecule has 1 unspecified atom stereocenters. The summed E-state index contributed by atoms with van der Waals surface area (Å²) in [6.07, 6.45) is -2.11. The van der Waals surface area contributed by atoms with Gasteiger partial charge in [0.15, 0.2) is 11.6 Å². The van der Waals surface area contributed by atoms with E-state index >= 15 is 0 Å². The van der Waals surface area contributed by atoms with Crippen LogP contribution in [0.5, 0.6) is 0 Å². The van der Waals surface area contributed by atoms with Crippen LogP contribution in [-0.2, 0) is 27.0 Å². The minimum absolute atomic E-state index is 0.0361. The molecule has 2 aliphatic rings. The number of amides is 2. The number of aromatic nitrogens is 1. The van der Waals surface area contributed by atoms with Crippen molar-refractivity contribution in [3.8, 4) is 0 Å². The Bertz CT molecular complexity index is 1060. The molecule has 2 fully saturated rings. The van der Waals surface area contributed by atoms with E-state index in [0.29, 0.717) is 22.9 Å². The summed E-state index contributed by atoms with van der Waals surface area (Å²) < 4.78 is 58.9. The number of hydrogen-bond donors (Lipinski definition) is 0. The molecule has 1 aliphatic carbocycles. The van der Waals surface area contributed by atoms with E-state index in [1.165, 1.54) is 23.2 Å². The second-order valence-electron chi connectivity index (χ2n) is 8.13. The number of methoxy groups -OCH3 is 1. The third-order valence-corrected chi connectivity index (χ3v) is 6.49.